The van der Waals surface area contributed by atoms with Crippen LogP contribution >= 0.6 is 0 Å². The highest BCUT2D eigenvalue weighted by Gasteiger charge is 2.37. The number of aromatic nitrogens is 3. The summed E-state index contributed by atoms with van der Waals surface area (Å²) < 4.78 is 1.91. The molecule has 0 saturated heterocycles. The van der Waals surface area contributed by atoms with E-state index in [2.05, 4.69) is 21.9 Å². The molecule has 2 fully saturated rings. The van der Waals surface area contributed by atoms with E-state index in [1.54, 1.807) is 0 Å². The van der Waals surface area contributed by atoms with Crippen molar-refractivity contribution < 1.29 is 4.79 Å². The van der Waals surface area contributed by atoms with Gasteiger partial charge in [0, 0.05) is 36.0 Å². The molecule has 2 saturated carbocycles. The van der Waals surface area contributed by atoms with Gasteiger partial charge in [-0.3, -0.25) is 4.79 Å². The molecule has 5 heteroatoms. The molecule has 2 heterocycles. The lowest BCUT2D eigenvalue weighted by molar-refractivity contribution is -0.134. The number of nitrogens with zero attached hydrogens (tertiary/aromatic N) is 4. The molecule has 0 spiro atoms. The summed E-state index contributed by atoms with van der Waals surface area (Å²) in [5, 5.41) is 4.54. The summed E-state index contributed by atoms with van der Waals surface area (Å²) in [6.07, 6.45) is 8.68. The largest absolute Gasteiger partial charge is 0.337 e. The lowest BCUT2D eigenvalue weighted by Gasteiger charge is -2.29. The van der Waals surface area contributed by atoms with Crippen molar-refractivity contribution in [2.45, 2.75) is 84.2 Å². The van der Waals surface area contributed by atoms with Crippen LogP contribution in [0.1, 0.15) is 67.6 Å². The fourth-order valence-electron chi connectivity index (χ4n) is 4.40. The van der Waals surface area contributed by atoms with Crippen LogP contribution < -0.4 is 0 Å². The zero-order valence-electron chi connectivity index (χ0n) is 15.6. The van der Waals surface area contributed by atoms with Crippen molar-refractivity contribution in [3.05, 3.63) is 28.7 Å². The molecule has 0 bridgehead atoms. The van der Waals surface area contributed by atoms with Gasteiger partial charge in [-0.15, -0.1) is 0 Å². The smallest absolute Gasteiger partial charge is 0.223 e. The summed E-state index contributed by atoms with van der Waals surface area (Å²) >= 11 is 0. The fraction of sp³-hybridized carbons (Fsp3) is 0.650. The van der Waals surface area contributed by atoms with Gasteiger partial charge in [-0.25, -0.2) is 9.50 Å². The van der Waals surface area contributed by atoms with E-state index in [9.17, 15) is 4.79 Å². The Morgan fingerprint density at radius 3 is 2.52 bits per heavy atom. The van der Waals surface area contributed by atoms with E-state index in [1.807, 2.05) is 24.4 Å². The molecule has 0 aromatic carbocycles. The molecule has 134 valence electrons. The maximum Gasteiger partial charge on any atom is 0.223 e. The van der Waals surface area contributed by atoms with Gasteiger partial charge in [-0.2, -0.15) is 5.10 Å². The number of carbonyl (C=O) groups excluding carboxylic acids is 1. The average Bonchev–Trinajstić information content (AvgIpc) is 3.10. The Labute approximate surface area is 149 Å². The van der Waals surface area contributed by atoms with Crippen molar-refractivity contribution in [1.82, 2.24) is 19.5 Å². The summed E-state index contributed by atoms with van der Waals surface area (Å²) in [5.41, 5.74) is 5.18. The van der Waals surface area contributed by atoms with Crippen molar-refractivity contribution >= 4 is 11.6 Å². The number of fused-ring (bicyclic) bond motifs is 1. The van der Waals surface area contributed by atoms with Gasteiger partial charge in [0.05, 0.1) is 5.69 Å². The molecule has 0 N–H and O–H groups in total. The molecule has 1 amide bonds. The van der Waals surface area contributed by atoms with Crippen molar-refractivity contribution in [3.8, 4) is 0 Å². The van der Waals surface area contributed by atoms with Gasteiger partial charge in [0.1, 0.15) is 0 Å². The zero-order chi connectivity index (χ0) is 17.6. The molecule has 2 aromatic rings. The first-order valence-corrected chi connectivity index (χ1v) is 9.68. The first-order chi connectivity index (χ1) is 12.0. The summed E-state index contributed by atoms with van der Waals surface area (Å²) in [7, 11) is 0. The first kappa shape index (κ1) is 16.6. The van der Waals surface area contributed by atoms with Crippen LogP contribution in [0.15, 0.2) is 6.07 Å². The van der Waals surface area contributed by atoms with Gasteiger partial charge in [0.25, 0.3) is 0 Å². The highest BCUT2D eigenvalue weighted by atomic mass is 16.2. The molecule has 2 aliphatic rings. The van der Waals surface area contributed by atoms with Crippen LogP contribution in [0.3, 0.4) is 0 Å². The lowest BCUT2D eigenvalue weighted by Crippen LogP contribution is -2.40. The van der Waals surface area contributed by atoms with Crippen molar-refractivity contribution in [1.29, 1.82) is 0 Å². The standard InChI is InChI=1S/C20H28N4O/c1-13-12-19-21-14(2)18(15(3)24(19)22-13)10-11-20(25)23(17-8-9-17)16-6-4-5-7-16/h12,16-17H,4-11H2,1-3H3. The second-order valence-electron chi connectivity index (χ2n) is 7.79. The number of rotatable bonds is 5. The van der Waals surface area contributed by atoms with Crippen LogP contribution in [0.5, 0.6) is 0 Å². The van der Waals surface area contributed by atoms with Crippen molar-refractivity contribution in [2.24, 2.45) is 0 Å². The Hall–Kier alpha value is -1.91. The Morgan fingerprint density at radius 1 is 1.16 bits per heavy atom. The Bertz CT molecular complexity index is 800. The average molecular weight is 340 g/mol. The number of amides is 1. The molecule has 0 radical (unpaired) electrons. The molecule has 2 aromatic heterocycles. The fourth-order valence-corrected chi connectivity index (χ4v) is 4.40. The molecule has 0 unspecified atom stereocenters. The molecule has 4 rings (SSSR count). The molecule has 0 atom stereocenters. The summed E-state index contributed by atoms with van der Waals surface area (Å²) in [6, 6.07) is 3.02. The molecular weight excluding hydrogens is 312 g/mol. The van der Waals surface area contributed by atoms with Crippen molar-refractivity contribution in [2.75, 3.05) is 0 Å². The van der Waals surface area contributed by atoms with Gasteiger partial charge in [-0.1, -0.05) is 12.8 Å². The normalized spacial score (nSPS) is 18.2. The van der Waals surface area contributed by atoms with E-state index in [0.717, 1.165) is 29.1 Å². The molecular formula is C20H28N4O. The predicted molar refractivity (Wildman–Crippen MR) is 97.6 cm³/mol. The van der Waals surface area contributed by atoms with E-state index in [0.29, 0.717) is 24.4 Å². The topological polar surface area (TPSA) is 50.5 Å². The quantitative estimate of drug-likeness (QED) is 0.837. The number of hydrogen-bond donors (Lipinski definition) is 0. The molecule has 0 aliphatic heterocycles. The summed E-state index contributed by atoms with van der Waals surface area (Å²) in [4.78, 5) is 19.9. The minimum absolute atomic E-state index is 0.338. The van der Waals surface area contributed by atoms with E-state index in [1.165, 1.54) is 44.1 Å². The van der Waals surface area contributed by atoms with E-state index >= 15 is 0 Å². The highest BCUT2D eigenvalue weighted by Crippen LogP contribution is 2.35. The zero-order valence-corrected chi connectivity index (χ0v) is 15.6. The SMILES string of the molecule is Cc1cc2nc(C)c(CCC(=O)N(C3CCCC3)C3CC3)c(C)n2n1. The van der Waals surface area contributed by atoms with Crippen LogP contribution in [0.2, 0.25) is 0 Å². The highest BCUT2D eigenvalue weighted by molar-refractivity contribution is 5.77. The summed E-state index contributed by atoms with van der Waals surface area (Å²) in [5.74, 6) is 0.338. The van der Waals surface area contributed by atoms with E-state index in [-0.39, 0.29) is 0 Å². The number of aryl methyl sites for hydroxylation is 3. The minimum Gasteiger partial charge on any atom is -0.337 e. The van der Waals surface area contributed by atoms with E-state index in [4.69, 9.17) is 0 Å². The second-order valence-corrected chi connectivity index (χ2v) is 7.79. The molecule has 25 heavy (non-hydrogen) atoms. The molecule has 5 nitrogen and oxygen atoms in total. The number of carbonyl (C=O) groups is 1. The van der Waals surface area contributed by atoms with Gasteiger partial charge in [0.15, 0.2) is 5.65 Å². The van der Waals surface area contributed by atoms with Crippen molar-refractivity contribution in [3.63, 3.8) is 0 Å². The van der Waals surface area contributed by atoms with Crippen LogP contribution in [0, 0.1) is 20.8 Å². The Morgan fingerprint density at radius 2 is 1.84 bits per heavy atom. The predicted octanol–water partition coefficient (Wildman–Crippen LogP) is 3.52. The molecule has 2 aliphatic carbocycles. The van der Waals surface area contributed by atoms with Crippen LogP contribution in [0.25, 0.3) is 5.65 Å². The van der Waals surface area contributed by atoms with Crippen LogP contribution in [-0.4, -0.2) is 37.5 Å². The van der Waals surface area contributed by atoms with Gasteiger partial charge in [-0.05, 0) is 58.4 Å². The van der Waals surface area contributed by atoms with Gasteiger partial charge in [0.2, 0.25) is 5.91 Å². The maximum atomic E-state index is 13.0. The third-order valence-corrected chi connectivity index (χ3v) is 5.82. The minimum atomic E-state index is 0.338. The lowest BCUT2D eigenvalue weighted by atomic mass is 10.0. The summed E-state index contributed by atoms with van der Waals surface area (Å²) in [6.45, 7) is 6.12. The monoisotopic (exact) mass is 340 g/mol. The maximum absolute atomic E-state index is 13.0. The second kappa shape index (κ2) is 6.43. The Balaban J connectivity index is 1.52. The van der Waals surface area contributed by atoms with Gasteiger partial charge >= 0.3 is 0 Å². The van der Waals surface area contributed by atoms with E-state index < -0.39 is 0 Å². The third kappa shape index (κ3) is 3.16. The van der Waals surface area contributed by atoms with Gasteiger partial charge < -0.3 is 4.90 Å². The van der Waals surface area contributed by atoms with Crippen LogP contribution in [-0.2, 0) is 11.2 Å². The third-order valence-electron chi connectivity index (χ3n) is 5.82. The Kier molecular flexibility index (Phi) is 4.26. The first-order valence-electron chi connectivity index (χ1n) is 9.68. The number of hydrogen-bond acceptors (Lipinski definition) is 3. The van der Waals surface area contributed by atoms with Crippen LogP contribution in [0.4, 0.5) is 0 Å².